The Morgan fingerprint density at radius 2 is 1.60 bits per heavy atom. The Hall–Kier alpha value is -3.21. The van der Waals surface area contributed by atoms with E-state index >= 15 is 0 Å². The second-order valence-electron chi connectivity index (χ2n) is 5.97. The molecule has 5 nitrogen and oxygen atoms in total. The van der Waals surface area contributed by atoms with Crippen LogP contribution in [0.2, 0.25) is 0 Å². The van der Waals surface area contributed by atoms with Gasteiger partial charge in [-0.2, -0.15) is 5.10 Å². The van der Waals surface area contributed by atoms with Crippen molar-refractivity contribution < 1.29 is 4.79 Å². The van der Waals surface area contributed by atoms with Crippen LogP contribution in [-0.4, -0.2) is 15.7 Å². The fourth-order valence-electron chi connectivity index (χ4n) is 2.72. The van der Waals surface area contributed by atoms with Gasteiger partial charge < -0.3 is 5.32 Å². The molecule has 0 aliphatic rings. The largest absolute Gasteiger partial charge is 0.320 e. The highest BCUT2D eigenvalue weighted by atomic mass is 16.2. The van der Waals surface area contributed by atoms with Crippen molar-refractivity contribution in [1.82, 2.24) is 9.78 Å². The predicted molar refractivity (Wildman–Crippen MR) is 98.4 cm³/mol. The molecule has 1 N–H and O–H groups in total. The minimum absolute atomic E-state index is 0.128. The Labute approximate surface area is 145 Å². The molecule has 0 atom stereocenters. The molecule has 0 bridgehead atoms. The second kappa shape index (κ2) is 6.73. The lowest BCUT2D eigenvalue weighted by Crippen LogP contribution is -2.27. The van der Waals surface area contributed by atoms with Crippen LogP contribution in [0.5, 0.6) is 0 Å². The topological polar surface area (TPSA) is 64.0 Å². The first-order valence-corrected chi connectivity index (χ1v) is 8.01. The van der Waals surface area contributed by atoms with Gasteiger partial charge in [0.1, 0.15) is 0 Å². The summed E-state index contributed by atoms with van der Waals surface area (Å²) in [7, 11) is 0. The van der Waals surface area contributed by atoms with E-state index in [1.54, 1.807) is 11.6 Å². The van der Waals surface area contributed by atoms with Gasteiger partial charge in [0.25, 0.3) is 5.91 Å². The van der Waals surface area contributed by atoms with Crippen LogP contribution in [0, 0.1) is 20.8 Å². The Bertz CT molecular complexity index is 971. The number of aromatic nitrogens is 2. The lowest BCUT2D eigenvalue weighted by molar-refractivity contribution is 0.101. The average Bonchev–Trinajstić information content (AvgIpc) is 2.59. The van der Waals surface area contributed by atoms with Crippen LogP contribution in [0.4, 0.5) is 5.69 Å². The quantitative estimate of drug-likeness (QED) is 0.799. The minimum Gasteiger partial charge on any atom is -0.320 e. The monoisotopic (exact) mass is 333 g/mol. The van der Waals surface area contributed by atoms with Crippen LogP contribution in [0.3, 0.4) is 0 Å². The number of nitrogens with one attached hydrogen (secondary N) is 1. The van der Waals surface area contributed by atoms with Crippen LogP contribution < -0.4 is 10.7 Å². The zero-order chi connectivity index (χ0) is 18.0. The molecule has 25 heavy (non-hydrogen) atoms. The second-order valence-corrected chi connectivity index (χ2v) is 5.97. The zero-order valence-electron chi connectivity index (χ0n) is 14.4. The van der Waals surface area contributed by atoms with Crippen molar-refractivity contribution in [2.75, 3.05) is 5.32 Å². The van der Waals surface area contributed by atoms with Gasteiger partial charge in [-0.3, -0.25) is 9.59 Å². The number of para-hydroxylation sites is 2. The van der Waals surface area contributed by atoms with Crippen LogP contribution in [0.25, 0.3) is 5.69 Å². The fraction of sp³-hybridized carbons (Fsp3) is 0.150. The maximum Gasteiger partial charge on any atom is 0.280 e. The molecule has 0 saturated heterocycles. The number of anilines is 1. The molecule has 0 saturated carbocycles. The van der Waals surface area contributed by atoms with Crippen molar-refractivity contribution in [3.8, 4) is 5.69 Å². The van der Waals surface area contributed by atoms with E-state index in [9.17, 15) is 9.59 Å². The molecule has 3 aromatic rings. The van der Waals surface area contributed by atoms with E-state index in [-0.39, 0.29) is 5.69 Å². The van der Waals surface area contributed by atoms with Crippen LogP contribution in [0.1, 0.15) is 27.3 Å². The number of carbonyl (C=O) groups is 1. The first kappa shape index (κ1) is 16.6. The fourth-order valence-corrected chi connectivity index (χ4v) is 2.72. The molecule has 5 heteroatoms. The van der Waals surface area contributed by atoms with Gasteiger partial charge in [0.2, 0.25) is 5.43 Å². The van der Waals surface area contributed by atoms with Crippen molar-refractivity contribution in [2.45, 2.75) is 20.8 Å². The summed E-state index contributed by atoms with van der Waals surface area (Å²) in [6, 6.07) is 16.6. The van der Waals surface area contributed by atoms with Gasteiger partial charge >= 0.3 is 0 Å². The molecule has 3 rings (SSSR count). The van der Waals surface area contributed by atoms with E-state index in [2.05, 4.69) is 10.4 Å². The lowest BCUT2D eigenvalue weighted by Gasteiger charge is -2.13. The van der Waals surface area contributed by atoms with Gasteiger partial charge in [-0.05, 0) is 44.0 Å². The molecule has 126 valence electrons. The number of amides is 1. The molecule has 0 fully saturated rings. The van der Waals surface area contributed by atoms with Gasteiger partial charge in [0.05, 0.1) is 5.69 Å². The average molecular weight is 333 g/mol. The Balaban J connectivity index is 2.02. The number of nitrogens with zero attached hydrogens (tertiary/aromatic N) is 2. The Morgan fingerprint density at radius 3 is 2.24 bits per heavy atom. The number of hydrogen-bond acceptors (Lipinski definition) is 3. The van der Waals surface area contributed by atoms with Crippen molar-refractivity contribution in [2.24, 2.45) is 0 Å². The number of aryl methyl sites for hydroxylation is 3. The molecule has 0 radical (unpaired) electrons. The summed E-state index contributed by atoms with van der Waals surface area (Å²) in [4.78, 5) is 24.9. The van der Waals surface area contributed by atoms with Crippen molar-refractivity contribution >= 4 is 11.6 Å². The number of benzene rings is 2. The standard InChI is InChI=1S/C20H19N3O2/c1-13-8-7-9-14(2)18(13)21-20(25)19-17(24)12-15(3)23(22-19)16-10-5-4-6-11-16/h4-12H,1-3H3,(H,21,25). The van der Waals surface area contributed by atoms with E-state index in [1.165, 1.54) is 6.07 Å². The molecule has 0 aliphatic heterocycles. The lowest BCUT2D eigenvalue weighted by atomic mass is 10.1. The van der Waals surface area contributed by atoms with Gasteiger partial charge in [0.15, 0.2) is 5.69 Å². The molecular weight excluding hydrogens is 314 g/mol. The minimum atomic E-state index is -0.507. The third-order valence-electron chi connectivity index (χ3n) is 4.04. The SMILES string of the molecule is Cc1cccc(C)c1NC(=O)c1nn(-c2ccccc2)c(C)cc1=O. The molecular formula is C20H19N3O2. The third kappa shape index (κ3) is 3.35. The summed E-state index contributed by atoms with van der Waals surface area (Å²) in [6.45, 7) is 5.61. The van der Waals surface area contributed by atoms with Crippen LogP contribution in [0.15, 0.2) is 59.4 Å². The van der Waals surface area contributed by atoms with Crippen LogP contribution >= 0.6 is 0 Å². The highest BCUT2D eigenvalue weighted by molar-refractivity contribution is 6.03. The molecule has 0 unspecified atom stereocenters. The van der Waals surface area contributed by atoms with Gasteiger partial charge in [-0.15, -0.1) is 0 Å². The third-order valence-corrected chi connectivity index (χ3v) is 4.04. The summed E-state index contributed by atoms with van der Waals surface area (Å²) >= 11 is 0. The smallest absolute Gasteiger partial charge is 0.280 e. The van der Waals surface area contributed by atoms with E-state index in [0.717, 1.165) is 16.8 Å². The van der Waals surface area contributed by atoms with Crippen molar-refractivity contribution in [3.63, 3.8) is 0 Å². The molecule has 0 spiro atoms. The summed E-state index contributed by atoms with van der Waals surface area (Å²) in [5, 5.41) is 7.11. The molecule has 0 aliphatic carbocycles. The maximum absolute atomic E-state index is 12.6. The molecule has 1 heterocycles. The highest BCUT2D eigenvalue weighted by Gasteiger charge is 2.17. The van der Waals surface area contributed by atoms with Gasteiger partial charge in [-0.25, -0.2) is 4.68 Å². The number of rotatable bonds is 3. The Morgan fingerprint density at radius 1 is 0.960 bits per heavy atom. The van der Waals surface area contributed by atoms with E-state index < -0.39 is 11.3 Å². The van der Waals surface area contributed by atoms with E-state index in [0.29, 0.717) is 11.4 Å². The summed E-state index contributed by atoms with van der Waals surface area (Å²) in [6.07, 6.45) is 0. The first-order valence-electron chi connectivity index (χ1n) is 8.01. The number of carbonyl (C=O) groups excluding carboxylic acids is 1. The van der Waals surface area contributed by atoms with Crippen molar-refractivity contribution in [1.29, 1.82) is 0 Å². The molecule has 1 aromatic heterocycles. The summed E-state index contributed by atoms with van der Waals surface area (Å²) < 4.78 is 1.60. The summed E-state index contributed by atoms with van der Waals surface area (Å²) in [5.74, 6) is -0.507. The normalized spacial score (nSPS) is 10.5. The molecule has 1 amide bonds. The van der Waals surface area contributed by atoms with Crippen LogP contribution in [-0.2, 0) is 0 Å². The van der Waals surface area contributed by atoms with Gasteiger partial charge in [-0.1, -0.05) is 36.4 Å². The molecule has 2 aromatic carbocycles. The Kier molecular flexibility index (Phi) is 4.48. The maximum atomic E-state index is 12.6. The predicted octanol–water partition coefficient (Wildman–Crippen LogP) is 3.41. The number of hydrogen-bond donors (Lipinski definition) is 1. The highest BCUT2D eigenvalue weighted by Crippen LogP contribution is 2.19. The van der Waals surface area contributed by atoms with Gasteiger partial charge in [0, 0.05) is 17.4 Å². The van der Waals surface area contributed by atoms with E-state index in [4.69, 9.17) is 0 Å². The first-order chi connectivity index (χ1) is 12.0. The summed E-state index contributed by atoms with van der Waals surface area (Å²) in [5.41, 5.74) is 3.51. The zero-order valence-corrected chi connectivity index (χ0v) is 14.4. The van der Waals surface area contributed by atoms with E-state index in [1.807, 2.05) is 62.4 Å². The van der Waals surface area contributed by atoms with Crippen molar-refractivity contribution in [3.05, 3.63) is 87.3 Å².